The van der Waals surface area contributed by atoms with Gasteiger partial charge in [-0.1, -0.05) is 0 Å². The number of ether oxygens (including phenoxy) is 1. The van der Waals surface area contributed by atoms with Gasteiger partial charge in [0.1, 0.15) is 5.82 Å². The van der Waals surface area contributed by atoms with Gasteiger partial charge >= 0.3 is 5.97 Å². The number of hydrogen-bond donors (Lipinski definition) is 0. The molecule has 0 radical (unpaired) electrons. The summed E-state index contributed by atoms with van der Waals surface area (Å²) in [5.74, 6) is -1.04. The molecule has 19 heavy (non-hydrogen) atoms. The van der Waals surface area contributed by atoms with E-state index in [0.29, 0.717) is 12.2 Å². The summed E-state index contributed by atoms with van der Waals surface area (Å²) in [6, 6.07) is 4.04. The number of carbonyl (C=O) groups excluding carboxylic acids is 2. The van der Waals surface area contributed by atoms with Gasteiger partial charge in [0, 0.05) is 19.2 Å². The monoisotopic (exact) mass is 331 g/mol. The molecule has 0 fully saturated rings. The molecule has 0 unspecified atom stereocenters. The first-order valence-corrected chi connectivity index (χ1v) is 6.61. The number of rotatable bonds is 5. The fourth-order valence-electron chi connectivity index (χ4n) is 1.44. The lowest BCUT2D eigenvalue weighted by Crippen LogP contribution is -2.29. The summed E-state index contributed by atoms with van der Waals surface area (Å²) in [6.07, 6.45) is 0.137. The normalized spacial score (nSPS) is 10.1. The van der Waals surface area contributed by atoms with Crippen molar-refractivity contribution in [3.8, 4) is 0 Å². The highest BCUT2D eigenvalue weighted by molar-refractivity contribution is 9.10. The molecule has 1 rings (SSSR count). The van der Waals surface area contributed by atoms with Gasteiger partial charge in [0.25, 0.3) is 5.91 Å². The van der Waals surface area contributed by atoms with E-state index in [1.807, 2.05) is 0 Å². The molecule has 0 saturated heterocycles. The van der Waals surface area contributed by atoms with Crippen LogP contribution in [-0.4, -0.2) is 37.0 Å². The third-order valence-corrected chi connectivity index (χ3v) is 3.08. The smallest absolute Gasteiger partial charge is 0.307 e. The highest BCUT2D eigenvalue weighted by Gasteiger charge is 2.14. The summed E-state index contributed by atoms with van der Waals surface area (Å²) in [6.45, 7) is 2.30. The molecule has 0 aliphatic heterocycles. The second-order valence-electron chi connectivity index (χ2n) is 3.91. The maximum absolute atomic E-state index is 13.1. The van der Waals surface area contributed by atoms with E-state index in [2.05, 4.69) is 15.9 Å². The molecule has 0 aromatic heterocycles. The fourth-order valence-corrected chi connectivity index (χ4v) is 1.82. The number of hydrogen-bond acceptors (Lipinski definition) is 3. The van der Waals surface area contributed by atoms with Crippen molar-refractivity contribution in [1.29, 1.82) is 0 Å². The number of nitrogens with zero attached hydrogens (tertiary/aromatic N) is 1. The lowest BCUT2D eigenvalue weighted by Gasteiger charge is -2.16. The van der Waals surface area contributed by atoms with Gasteiger partial charge in [-0.05, 0) is 41.1 Å². The minimum atomic E-state index is -0.425. The van der Waals surface area contributed by atoms with Gasteiger partial charge in [0.2, 0.25) is 0 Å². The first kappa shape index (κ1) is 15.6. The number of amides is 1. The Bertz CT molecular complexity index is 479. The van der Waals surface area contributed by atoms with Gasteiger partial charge in [-0.25, -0.2) is 4.39 Å². The Morgan fingerprint density at radius 3 is 2.68 bits per heavy atom. The van der Waals surface area contributed by atoms with E-state index < -0.39 is 5.82 Å². The predicted octanol–water partition coefficient (Wildman–Crippen LogP) is 2.61. The van der Waals surface area contributed by atoms with Crippen LogP contribution in [0, 0.1) is 5.82 Å². The fraction of sp³-hybridized carbons (Fsp3) is 0.385. The molecule has 4 nitrogen and oxygen atoms in total. The van der Waals surface area contributed by atoms with E-state index in [4.69, 9.17) is 4.74 Å². The van der Waals surface area contributed by atoms with Gasteiger partial charge in [-0.3, -0.25) is 9.59 Å². The molecule has 104 valence electrons. The number of carbonyl (C=O) groups is 2. The van der Waals surface area contributed by atoms with Crippen LogP contribution in [0.3, 0.4) is 0 Å². The topological polar surface area (TPSA) is 46.6 Å². The van der Waals surface area contributed by atoms with Gasteiger partial charge < -0.3 is 9.64 Å². The van der Waals surface area contributed by atoms with Crippen LogP contribution in [0.15, 0.2) is 22.7 Å². The van der Waals surface area contributed by atoms with Gasteiger partial charge in [0.05, 0.1) is 17.5 Å². The summed E-state index contributed by atoms with van der Waals surface area (Å²) in [5.41, 5.74) is 0.361. The third kappa shape index (κ3) is 4.63. The van der Waals surface area contributed by atoms with Crippen molar-refractivity contribution in [2.24, 2.45) is 0 Å². The maximum Gasteiger partial charge on any atom is 0.307 e. The van der Waals surface area contributed by atoms with Crippen LogP contribution < -0.4 is 0 Å². The van der Waals surface area contributed by atoms with Crippen molar-refractivity contribution in [3.63, 3.8) is 0 Å². The summed E-state index contributed by atoms with van der Waals surface area (Å²) < 4.78 is 18.1. The minimum absolute atomic E-state index is 0.137. The molecule has 0 bridgehead atoms. The number of benzene rings is 1. The second kappa shape index (κ2) is 7.23. The molecule has 6 heteroatoms. The Hall–Kier alpha value is -1.43. The summed E-state index contributed by atoms with van der Waals surface area (Å²) >= 11 is 3.03. The van der Waals surface area contributed by atoms with Crippen molar-refractivity contribution < 1.29 is 18.7 Å². The van der Waals surface area contributed by atoms with Gasteiger partial charge in [-0.15, -0.1) is 0 Å². The van der Waals surface area contributed by atoms with E-state index >= 15 is 0 Å². The molecule has 1 amide bonds. The largest absolute Gasteiger partial charge is 0.466 e. The third-order valence-electron chi connectivity index (χ3n) is 2.47. The van der Waals surface area contributed by atoms with Crippen molar-refractivity contribution in [2.45, 2.75) is 13.3 Å². The average Bonchev–Trinajstić information content (AvgIpc) is 2.38. The van der Waals surface area contributed by atoms with E-state index in [1.54, 1.807) is 14.0 Å². The zero-order valence-corrected chi connectivity index (χ0v) is 12.4. The molecule has 1 aromatic rings. The lowest BCUT2D eigenvalue weighted by atomic mass is 10.2. The van der Waals surface area contributed by atoms with Crippen LogP contribution in [0.2, 0.25) is 0 Å². The molecule has 1 aromatic carbocycles. The van der Waals surface area contributed by atoms with Gasteiger partial charge in [-0.2, -0.15) is 0 Å². The predicted molar refractivity (Wildman–Crippen MR) is 72.3 cm³/mol. The molecule has 0 aliphatic carbocycles. The Balaban J connectivity index is 2.61. The number of esters is 1. The first-order chi connectivity index (χ1) is 8.95. The SMILES string of the molecule is CCOC(=O)CCN(C)C(=O)c1ccc(F)c(Br)c1. The van der Waals surface area contributed by atoms with Gasteiger partial charge in [0.15, 0.2) is 0 Å². The average molecular weight is 332 g/mol. The van der Waals surface area contributed by atoms with Crippen LogP contribution >= 0.6 is 15.9 Å². The zero-order valence-electron chi connectivity index (χ0n) is 10.8. The Kier molecular flexibility index (Phi) is 5.95. The van der Waals surface area contributed by atoms with Crippen LogP contribution in [0.1, 0.15) is 23.7 Å². The Morgan fingerprint density at radius 1 is 1.42 bits per heavy atom. The summed E-state index contributed by atoms with van der Waals surface area (Å²) in [4.78, 5) is 24.6. The van der Waals surface area contributed by atoms with E-state index in [9.17, 15) is 14.0 Å². The highest BCUT2D eigenvalue weighted by atomic mass is 79.9. The molecule has 0 saturated carbocycles. The van der Waals surface area contributed by atoms with Crippen LogP contribution in [-0.2, 0) is 9.53 Å². The molecular weight excluding hydrogens is 317 g/mol. The van der Waals surface area contributed by atoms with Crippen LogP contribution in [0.5, 0.6) is 0 Å². The standard InChI is InChI=1S/C13H15BrFNO3/c1-3-19-12(17)6-7-16(2)13(18)9-4-5-11(15)10(14)8-9/h4-5,8H,3,6-7H2,1-2H3. The zero-order chi connectivity index (χ0) is 14.4. The number of halogens is 2. The molecular formula is C13H15BrFNO3. The van der Waals surface area contributed by atoms with Crippen LogP contribution in [0.4, 0.5) is 4.39 Å². The Labute approximate surface area is 119 Å². The van der Waals surface area contributed by atoms with Crippen molar-refractivity contribution in [1.82, 2.24) is 4.90 Å². The Morgan fingerprint density at radius 2 is 2.11 bits per heavy atom. The lowest BCUT2D eigenvalue weighted by molar-refractivity contribution is -0.143. The van der Waals surface area contributed by atoms with Crippen molar-refractivity contribution >= 4 is 27.8 Å². The second-order valence-corrected chi connectivity index (χ2v) is 4.76. The summed E-state index contributed by atoms with van der Waals surface area (Å²) in [5, 5.41) is 0. The maximum atomic E-state index is 13.1. The van der Waals surface area contributed by atoms with Crippen molar-refractivity contribution in [3.05, 3.63) is 34.1 Å². The molecule has 0 atom stereocenters. The van der Waals surface area contributed by atoms with E-state index in [-0.39, 0.29) is 29.3 Å². The molecule has 0 N–H and O–H groups in total. The van der Waals surface area contributed by atoms with Crippen molar-refractivity contribution in [2.75, 3.05) is 20.2 Å². The molecule has 0 aliphatic rings. The highest BCUT2D eigenvalue weighted by Crippen LogP contribution is 2.17. The van der Waals surface area contributed by atoms with E-state index in [1.165, 1.54) is 23.1 Å². The molecule has 0 spiro atoms. The molecule has 0 heterocycles. The van der Waals surface area contributed by atoms with Crippen LogP contribution in [0.25, 0.3) is 0 Å². The summed E-state index contributed by atoms with van der Waals surface area (Å²) in [7, 11) is 1.58. The first-order valence-electron chi connectivity index (χ1n) is 5.81. The quantitative estimate of drug-likeness (QED) is 0.779. The van der Waals surface area contributed by atoms with E-state index in [0.717, 1.165) is 0 Å². The minimum Gasteiger partial charge on any atom is -0.466 e.